The largest absolute Gasteiger partial charge is 0.399 e. The summed E-state index contributed by atoms with van der Waals surface area (Å²) in [5.41, 5.74) is 7.07. The Morgan fingerprint density at radius 2 is 2.06 bits per heavy atom. The highest BCUT2D eigenvalue weighted by molar-refractivity contribution is 5.89. The van der Waals surface area contributed by atoms with Crippen LogP contribution in [0.2, 0.25) is 0 Å². The van der Waals surface area contributed by atoms with Crippen molar-refractivity contribution in [2.75, 3.05) is 17.6 Å². The quantitative estimate of drug-likeness (QED) is 0.766. The Balaban J connectivity index is 1.97. The average molecular weight is 219 g/mol. The zero-order valence-corrected chi connectivity index (χ0v) is 9.44. The van der Waals surface area contributed by atoms with Crippen LogP contribution in [0.15, 0.2) is 24.3 Å². The number of carbonyl (C=O) groups is 1. The molecule has 4 nitrogen and oxygen atoms in total. The van der Waals surface area contributed by atoms with Crippen molar-refractivity contribution in [2.45, 2.75) is 25.8 Å². The summed E-state index contributed by atoms with van der Waals surface area (Å²) in [6.07, 6.45) is 2.26. The highest BCUT2D eigenvalue weighted by Gasteiger charge is 2.31. The van der Waals surface area contributed by atoms with Crippen LogP contribution in [-0.4, -0.2) is 23.5 Å². The number of amides is 2. The number of benzene rings is 1. The van der Waals surface area contributed by atoms with E-state index in [1.165, 1.54) is 0 Å². The van der Waals surface area contributed by atoms with Crippen LogP contribution in [0.25, 0.3) is 0 Å². The molecule has 86 valence electrons. The number of nitrogens with zero attached hydrogens (tertiary/aromatic N) is 1. The zero-order valence-electron chi connectivity index (χ0n) is 9.44. The minimum atomic E-state index is -0.0187. The lowest BCUT2D eigenvalue weighted by Crippen LogP contribution is -2.36. The number of anilines is 2. The first kappa shape index (κ1) is 10.8. The maximum Gasteiger partial charge on any atom is 0.322 e. The second kappa shape index (κ2) is 4.43. The molecule has 1 aliphatic rings. The molecule has 0 aliphatic heterocycles. The van der Waals surface area contributed by atoms with Crippen LogP contribution in [0.4, 0.5) is 16.2 Å². The molecule has 0 unspecified atom stereocenters. The molecular formula is C12H17N3O. The van der Waals surface area contributed by atoms with Crippen LogP contribution in [0.1, 0.15) is 19.8 Å². The molecule has 2 rings (SSSR count). The standard InChI is InChI=1S/C12H17N3O/c1-2-15(11-7-8-11)12(16)14-10-5-3-9(13)4-6-10/h3-6,11H,2,7-8,13H2,1H3,(H,14,16). The van der Waals surface area contributed by atoms with Gasteiger partial charge in [-0.05, 0) is 44.0 Å². The third-order valence-electron chi connectivity index (χ3n) is 2.75. The molecule has 1 saturated carbocycles. The third-order valence-corrected chi connectivity index (χ3v) is 2.75. The van der Waals surface area contributed by atoms with Gasteiger partial charge in [0.1, 0.15) is 0 Å². The minimum absolute atomic E-state index is 0.0187. The summed E-state index contributed by atoms with van der Waals surface area (Å²) in [5.74, 6) is 0. The van der Waals surface area contributed by atoms with Gasteiger partial charge in [0, 0.05) is 24.0 Å². The predicted molar refractivity (Wildman–Crippen MR) is 65.3 cm³/mol. The monoisotopic (exact) mass is 219 g/mol. The third kappa shape index (κ3) is 2.45. The molecule has 0 aromatic heterocycles. The molecule has 1 aromatic rings. The SMILES string of the molecule is CCN(C(=O)Nc1ccc(N)cc1)C1CC1. The van der Waals surface area contributed by atoms with Gasteiger partial charge in [-0.1, -0.05) is 0 Å². The van der Waals surface area contributed by atoms with Crippen LogP contribution in [0.5, 0.6) is 0 Å². The van der Waals surface area contributed by atoms with Crippen molar-refractivity contribution >= 4 is 17.4 Å². The van der Waals surface area contributed by atoms with Gasteiger partial charge in [-0.2, -0.15) is 0 Å². The number of hydrogen-bond acceptors (Lipinski definition) is 2. The normalized spacial score (nSPS) is 14.6. The van der Waals surface area contributed by atoms with Crippen LogP contribution >= 0.6 is 0 Å². The fraction of sp³-hybridized carbons (Fsp3) is 0.417. The minimum Gasteiger partial charge on any atom is -0.399 e. The Morgan fingerprint density at radius 1 is 1.44 bits per heavy atom. The molecule has 1 aliphatic carbocycles. The first-order valence-corrected chi connectivity index (χ1v) is 5.64. The van der Waals surface area contributed by atoms with Gasteiger partial charge in [-0.3, -0.25) is 0 Å². The molecule has 0 spiro atoms. The predicted octanol–water partition coefficient (Wildman–Crippen LogP) is 2.29. The second-order valence-electron chi connectivity index (χ2n) is 4.07. The van der Waals surface area contributed by atoms with Gasteiger partial charge >= 0.3 is 6.03 Å². The summed E-state index contributed by atoms with van der Waals surface area (Å²) >= 11 is 0. The first-order chi connectivity index (χ1) is 7.70. The summed E-state index contributed by atoms with van der Waals surface area (Å²) in [6.45, 7) is 2.76. The topological polar surface area (TPSA) is 58.4 Å². The molecule has 0 bridgehead atoms. The van der Waals surface area contributed by atoms with Crippen LogP contribution < -0.4 is 11.1 Å². The van der Waals surface area contributed by atoms with E-state index >= 15 is 0 Å². The summed E-state index contributed by atoms with van der Waals surface area (Å²) in [5, 5.41) is 2.87. The van der Waals surface area contributed by atoms with E-state index in [2.05, 4.69) is 5.32 Å². The highest BCUT2D eigenvalue weighted by atomic mass is 16.2. The van der Waals surface area contributed by atoms with Crippen LogP contribution in [0.3, 0.4) is 0 Å². The van der Waals surface area contributed by atoms with Crippen molar-refractivity contribution in [3.8, 4) is 0 Å². The fourth-order valence-electron chi connectivity index (χ4n) is 1.72. The maximum absolute atomic E-state index is 11.9. The van der Waals surface area contributed by atoms with Crippen molar-refractivity contribution < 1.29 is 4.79 Å². The molecule has 2 amide bonds. The first-order valence-electron chi connectivity index (χ1n) is 5.64. The van der Waals surface area contributed by atoms with Crippen molar-refractivity contribution in [3.05, 3.63) is 24.3 Å². The number of nitrogens with one attached hydrogen (secondary N) is 1. The number of rotatable bonds is 3. The number of urea groups is 1. The number of carbonyl (C=O) groups excluding carboxylic acids is 1. The number of hydrogen-bond donors (Lipinski definition) is 2. The Bertz CT molecular complexity index is 370. The Hall–Kier alpha value is -1.71. The van der Waals surface area contributed by atoms with Crippen molar-refractivity contribution in [1.82, 2.24) is 4.90 Å². The maximum atomic E-state index is 11.9. The van der Waals surface area contributed by atoms with Gasteiger partial charge in [0.2, 0.25) is 0 Å². The van der Waals surface area contributed by atoms with E-state index in [0.717, 1.165) is 25.1 Å². The van der Waals surface area contributed by atoms with Gasteiger partial charge in [-0.15, -0.1) is 0 Å². The average Bonchev–Trinajstić information content (AvgIpc) is 3.07. The smallest absolute Gasteiger partial charge is 0.322 e. The number of nitrogens with two attached hydrogens (primary N) is 1. The van der Waals surface area contributed by atoms with Gasteiger partial charge in [0.05, 0.1) is 0 Å². The Morgan fingerprint density at radius 3 is 2.56 bits per heavy atom. The molecule has 1 aromatic carbocycles. The van der Waals surface area contributed by atoms with Gasteiger partial charge in [0.25, 0.3) is 0 Å². The fourth-order valence-corrected chi connectivity index (χ4v) is 1.72. The van der Waals surface area contributed by atoms with Gasteiger partial charge in [0.15, 0.2) is 0 Å². The molecule has 3 N–H and O–H groups in total. The lowest BCUT2D eigenvalue weighted by atomic mass is 10.3. The molecule has 0 heterocycles. The summed E-state index contributed by atoms with van der Waals surface area (Å²) in [4.78, 5) is 13.8. The molecule has 0 atom stereocenters. The molecule has 4 heteroatoms. The van der Waals surface area contributed by atoms with Gasteiger partial charge in [-0.25, -0.2) is 4.79 Å². The molecule has 1 fully saturated rings. The number of nitrogen functional groups attached to an aromatic ring is 1. The van der Waals surface area contributed by atoms with E-state index in [1.807, 2.05) is 24.0 Å². The summed E-state index contributed by atoms with van der Waals surface area (Å²) in [6, 6.07) is 7.61. The van der Waals surface area contributed by atoms with E-state index in [1.54, 1.807) is 12.1 Å². The van der Waals surface area contributed by atoms with E-state index in [-0.39, 0.29) is 6.03 Å². The van der Waals surface area contributed by atoms with E-state index in [9.17, 15) is 4.79 Å². The van der Waals surface area contributed by atoms with E-state index in [0.29, 0.717) is 11.7 Å². The summed E-state index contributed by atoms with van der Waals surface area (Å²) < 4.78 is 0. The molecular weight excluding hydrogens is 202 g/mol. The zero-order chi connectivity index (χ0) is 11.5. The van der Waals surface area contributed by atoms with E-state index < -0.39 is 0 Å². The van der Waals surface area contributed by atoms with Crippen LogP contribution in [0, 0.1) is 0 Å². The van der Waals surface area contributed by atoms with Crippen molar-refractivity contribution in [2.24, 2.45) is 0 Å². The lowest BCUT2D eigenvalue weighted by Gasteiger charge is -2.20. The van der Waals surface area contributed by atoms with Gasteiger partial charge < -0.3 is 16.0 Å². The highest BCUT2D eigenvalue weighted by Crippen LogP contribution is 2.27. The van der Waals surface area contributed by atoms with Crippen molar-refractivity contribution in [1.29, 1.82) is 0 Å². The molecule has 0 saturated heterocycles. The summed E-state index contributed by atoms with van der Waals surface area (Å²) in [7, 11) is 0. The molecule has 0 radical (unpaired) electrons. The van der Waals surface area contributed by atoms with Crippen molar-refractivity contribution in [3.63, 3.8) is 0 Å². The second-order valence-corrected chi connectivity index (χ2v) is 4.07. The molecule has 16 heavy (non-hydrogen) atoms. The Labute approximate surface area is 95.4 Å². The van der Waals surface area contributed by atoms with Crippen LogP contribution in [-0.2, 0) is 0 Å². The van der Waals surface area contributed by atoms with E-state index in [4.69, 9.17) is 5.73 Å². The lowest BCUT2D eigenvalue weighted by molar-refractivity contribution is 0.212. The Kier molecular flexibility index (Phi) is 2.99.